The number of aliphatic hydroxyl groups excluding tert-OH is 3. The summed E-state index contributed by atoms with van der Waals surface area (Å²) in [6.07, 6.45) is 0.711. The molecule has 0 saturated carbocycles. The van der Waals surface area contributed by atoms with Crippen molar-refractivity contribution < 1.29 is 54.0 Å². The molecule has 0 bridgehead atoms. The number of amides is 6. The van der Waals surface area contributed by atoms with Crippen LogP contribution in [0.3, 0.4) is 0 Å². The Hall–Kier alpha value is -4.63. The number of hydrogen-bond acceptors (Lipinski definition) is 15. The van der Waals surface area contributed by atoms with Crippen molar-refractivity contribution in [3.05, 3.63) is 0 Å². The fourth-order valence-electron chi connectivity index (χ4n) is 4.52. The van der Waals surface area contributed by atoms with Gasteiger partial charge in [0.25, 0.3) is 0 Å². The largest absolute Gasteiger partial charge is 0.480 e. The van der Waals surface area contributed by atoms with Gasteiger partial charge in [-0.2, -0.15) is 24.4 Å². The van der Waals surface area contributed by atoms with Crippen molar-refractivity contribution in [1.29, 1.82) is 0 Å². The molecule has 0 aliphatic heterocycles. The quantitative estimate of drug-likeness (QED) is 0.0151. The van der Waals surface area contributed by atoms with Crippen molar-refractivity contribution in [3.8, 4) is 0 Å². The first-order chi connectivity index (χ1) is 26.3. The molecule has 0 radical (unpaired) electrons. The number of carbonyl (C=O) groups is 7. The van der Waals surface area contributed by atoms with Crippen molar-refractivity contribution in [1.82, 2.24) is 31.9 Å². The molecule has 0 fully saturated rings. The van der Waals surface area contributed by atoms with E-state index in [1.54, 1.807) is 6.26 Å². The summed E-state index contributed by atoms with van der Waals surface area (Å²) < 4.78 is 0. The van der Waals surface area contributed by atoms with Crippen LogP contribution in [0.25, 0.3) is 0 Å². The molecule has 0 aromatic carbocycles. The molecule has 0 heterocycles. The van der Waals surface area contributed by atoms with E-state index >= 15 is 0 Å². The summed E-state index contributed by atoms with van der Waals surface area (Å²) in [5, 5.41) is 52.7. The number of carboxylic acids is 1. The summed E-state index contributed by atoms with van der Waals surface area (Å²) in [6, 6.07) is -10.2. The zero-order chi connectivity index (χ0) is 43.0. The zero-order valence-corrected chi connectivity index (χ0v) is 32.9. The van der Waals surface area contributed by atoms with E-state index in [0.717, 1.165) is 6.92 Å². The summed E-state index contributed by atoms with van der Waals surface area (Å²) in [4.78, 5) is 97.5. The van der Waals surface area contributed by atoms with Crippen LogP contribution in [0.5, 0.6) is 0 Å². The number of thioether (sulfide) groups is 1. The minimum Gasteiger partial charge on any atom is -0.480 e. The number of nitrogens with zero attached hydrogens (tertiary/aromatic N) is 2. The van der Waals surface area contributed by atoms with Crippen LogP contribution < -0.4 is 60.6 Å². The van der Waals surface area contributed by atoms with E-state index in [2.05, 4.69) is 54.5 Å². The third-order valence-corrected chi connectivity index (χ3v) is 8.63. The van der Waals surface area contributed by atoms with E-state index in [1.807, 2.05) is 0 Å². The SMILES string of the molecule is CSCC[C@H](NC(=O)[C@H](CS)NC(=O)[C@@H](N)CCCN=C(N)N)C(=O)N[C@H](C(=O)N[C@@H](CO)C(=O)N[C@@H](CCCN=C(N)N)C(=O)N[C@@H](CO)C(=O)O)[C@@H](C)O. The Labute approximate surface area is 333 Å². The van der Waals surface area contributed by atoms with Gasteiger partial charge in [0.2, 0.25) is 35.4 Å². The van der Waals surface area contributed by atoms with Crippen LogP contribution in [-0.4, -0.2) is 166 Å². The Kier molecular flexibility index (Phi) is 25.6. The lowest BCUT2D eigenvalue weighted by molar-refractivity contribution is -0.143. The molecule has 24 nitrogen and oxygen atoms in total. The van der Waals surface area contributed by atoms with Crippen LogP contribution in [0.2, 0.25) is 0 Å². The maximum absolute atomic E-state index is 13.4. The van der Waals surface area contributed by atoms with Crippen molar-refractivity contribution in [2.45, 2.75) is 87.4 Å². The smallest absolute Gasteiger partial charge is 0.328 e. The Balaban J connectivity index is 5.87. The highest BCUT2D eigenvalue weighted by molar-refractivity contribution is 7.98. The molecule has 20 N–H and O–H groups in total. The number of aliphatic imine (C=N–C) groups is 2. The molecule has 26 heteroatoms. The standard InChI is InChI=1S/C30H57N13O11S2/c1-14(46)21(27(52)40-18(11-44)25(50)38-16(6-4-9-37-30(34)35)23(48)41-19(12-45)28(53)54)43-24(49)17(7-10-56-2)39-26(51)20(13-55)42-22(47)15(31)5-3-8-36-29(32)33/h14-21,44-46,55H,3-13,31H2,1-2H3,(H,38,50)(H,39,51)(H,40,52)(H,41,48)(H,42,47)(H,43,49)(H,53,54)(H4,32,33,36)(H4,34,35,37)/t14-,15+,16+,17+,18+,19+,20+,21+/m1/s1. The van der Waals surface area contributed by atoms with Crippen LogP contribution in [0, 0.1) is 0 Å². The van der Waals surface area contributed by atoms with Gasteiger partial charge >= 0.3 is 5.97 Å². The van der Waals surface area contributed by atoms with Gasteiger partial charge < -0.3 is 81.0 Å². The molecule has 6 amide bonds. The first-order valence-corrected chi connectivity index (χ1v) is 19.3. The number of aliphatic carboxylic acids is 1. The lowest BCUT2D eigenvalue weighted by Gasteiger charge is -2.28. The minimum absolute atomic E-state index is 0.0134. The number of rotatable bonds is 28. The maximum Gasteiger partial charge on any atom is 0.328 e. The average Bonchev–Trinajstić information content (AvgIpc) is 3.13. The highest BCUT2D eigenvalue weighted by atomic mass is 32.2. The van der Waals surface area contributed by atoms with Crippen LogP contribution in [0.4, 0.5) is 0 Å². The number of hydrogen-bond donors (Lipinski definition) is 16. The first kappa shape index (κ1) is 51.4. The summed E-state index contributed by atoms with van der Waals surface area (Å²) in [5.41, 5.74) is 27.1. The van der Waals surface area contributed by atoms with E-state index in [4.69, 9.17) is 28.7 Å². The van der Waals surface area contributed by atoms with Gasteiger partial charge in [0.1, 0.15) is 36.3 Å². The molecular formula is C30H57N13O11S2. The normalized spacial score (nSPS) is 15.1. The predicted molar refractivity (Wildman–Crippen MR) is 210 cm³/mol. The van der Waals surface area contributed by atoms with Gasteiger partial charge in [-0.3, -0.25) is 38.8 Å². The maximum atomic E-state index is 13.4. The van der Waals surface area contributed by atoms with Gasteiger partial charge in [0.05, 0.1) is 25.4 Å². The Morgan fingerprint density at radius 3 is 1.54 bits per heavy atom. The highest BCUT2D eigenvalue weighted by Crippen LogP contribution is 2.06. The Bertz CT molecular complexity index is 1370. The van der Waals surface area contributed by atoms with E-state index in [0.29, 0.717) is 12.2 Å². The molecule has 0 saturated heterocycles. The number of thiol groups is 1. The van der Waals surface area contributed by atoms with Gasteiger partial charge in [0.15, 0.2) is 11.9 Å². The summed E-state index contributed by atoms with van der Waals surface area (Å²) in [7, 11) is 0. The molecule has 0 rings (SSSR count). The lowest BCUT2D eigenvalue weighted by Crippen LogP contribution is -2.62. The van der Waals surface area contributed by atoms with Gasteiger partial charge in [-0.15, -0.1) is 0 Å². The fraction of sp³-hybridized carbons (Fsp3) is 0.700. The number of guanidine groups is 2. The minimum atomic E-state index is -1.76. The molecule has 0 aliphatic rings. The molecule has 0 aliphatic carbocycles. The molecule has 56 heavy (non-hydrogen) atoms. The molecule has 0 aromatic heterocycles. The Morgan fingerprint density at radius 2 is 1.07 bits per heavy atom. The van der Waals surface area contributed by atoms with Gasteiger partial charge in [0, 0.05) is 18.8 Å². The first-order valence-electron chi connectivity index (χ1n) is 17.2. The van der Waals surface area contributed by atoms with Crippen LogP contribution >= 0.6 is 24.4 Å². The fourth-order valence-corrected chi connectivity index (χ4v) is 5.25. The predicted octanol–water partition coefficient (Wildman–Crippen LogP) is -7.54. The van der Waals surface area contributed by atoms with Crippen molar-refractivity contribution in [2.75, 3.05) is 44.1 Å². The van der Waals surface area contributed by atoms with Crippen molar-refractivity contribution in [3.63, 3.8) is 0 Å². The lowest BCUT2D eigenvalue weighted by atomic mass is 10.1. The zero-order valence-electron chi connectivity index (χ0n) is 31.2. The second-order valence-corrected chi connectivity index (χ2v) is 13.6. The van der Waals surface area contributed by atoms with E-state index in [-0.39, 0.29) is 56.4 Å². The Morgan fingerprint density at radius 1 is 0.643 bits per heavy atom. The van der Waals surface area contributed by atoms with E-state index in [9.17, 15) is 54.0 Å². The van der Waals surface area contributed by atoms with Gasteiger partial charge in [-0.05, 0) is 51.0 Å². The van der Waals surface area contributed by atoms with Crippen LogP contribution in [-0.2, 0) is 33.6 Å². The highest BCUT2D eigenvalue weighted by Gasteiger charge is 2.34. The molecule has 0 unspecified atom stereocenters. The monoisotopic (exact) mass is 839 g/mol. The summed E-state index contributed by atoms with van der Waals surface area (Å²) in [5.74, 6) is -7.45. The van der Waals surface area contributed by atoms with E-state index < -0.39 is 103 Å². The second kappa shape index (κ2) is 27.9. The van der Waals surface area contributed by atoms with E-state index in [1.165, 1.54) is 11.8 Å². The number of carboxylic acid groups (broad SMARTS) is 1. The van der Waals surface area contributed by atoms with Crippen molar-refractivity contribution >= 4 is 77.7 Å². The molecule has 320 valence electrons. The average molecular weight is 840 g/mol. The van der Waals surface area contributed by atoms with Gasteiger partial charge in [-0.1, -0.05) is 0 Å². The number of aliphatic hydroxyl groups is 3. The van der Waals surface area contributed by atoms with Gasteiger partial charge in [-0.25, -0.2) is 4.79 Å². The molecular weight excluding hydrogens is 783 g/mol. The summed E-state index contributed by atoms with van der Waals surface area (Å²) >= 11 is 5.46. The van der Waals surface area contributed by atoms with Crippen molar-refractivity contribution in [2.24, 2.45) is 38.7 Å². The van der Waals surface area contributed by atoms with Crippen LogP contribution in [0.15, 0.2) is 9.98 Å². The molecule has 0 aromatic rings. The topological polar surface area (TPSA) is 427 Å². The summed E-state index contributed by atoms with van der Waals surface area (Å²) in [6.45, 7) is -0.602. The third-order valence-electron chi connectivity index (χ3n) is 7.62. The van der Waals surface area contributed by atoms with Crippen LogP contribution in [0.1, 0.15) is 39.0 Å². The number of nitrogens with one attached hydrogen (secondary N) is 6. The number of carbonyl (C=O) groups excluding carboxylic acids is 6. The second-order valence-electron chi connectivity index (χ2n) is 12.2. The molecule has 8 atom stereocenters. The third kappa shape index (κ3) is 20.3. The number of nitrogens with two attached hydrogens (primary N) is 5. The molecule has 0 spiro atoms.